The number of nitrogens with two attached hydrogens (primary N) is 1. The van der Waals surface area contributed by atoms with Crippen molar-refractivity contribution in [3.05, 3.63) is 126 Å². The number of carbonyl (C=O) groups excluding carboxylic acids is 1. The molecular weight excluding hydrogens is 434 g/mol. The van der Waals surface area contributed by atoms with Crippen molar-refractivity contribution in [1.82, 2.24) is 15.2 Å². The van der Waals surface area contributed by atoms with E-state index in [9.17, 15) is 4.79 Å². The molecule has 6 heteroatoms. The highest BCUT2D eigenvalue weighted by Gasteiger charge is 2.13. The Morgan fingerprint density at radius 2 is 1.43 bits per heavy atom. The van der Waals surface area contributed by atoms with Crippen LogP contribution in [0.25, 0.3) is 28.2 Å². The minimum atomic E-state index is -0.353. The number of nitrogen functional groups attached to an aromatic ring is 1. The van der Waals surface area contributed by atoms with Crippen molar-refractivity contribution >= 4 is 17.8 Å². The molecular formula is C29H23N5O. The number of carbonyl (C=O) groups is 1. The summed E-state index contributed by atoms with van der Waals surface area (Å²) >= 11 is 0. The number of aromatic nitrogens is 2. The van der Waals surface area contributed by atoms with E-state index in [0.29, 0.717) is 11.3 Å². The molecule has 0 radical (unpaired) electrons. The fourth-order valence-corrected chi connectivity index (χ4v) is 3.77. The highest BCUT2D eigenvalue weighted by molar-refractivity contribution is 5.99. The fraction of sp³-hybridized carbons (Fsp3) is 0. The van der Waals surface area contributed by atoms with Gasteiger partial charge >= 0.3 is 0 Å². The van der Waals surface area contributed by atoms with Gasteiger partial charge in [0.25, 0.3) is 5.91 Å². The van der Waals surface area contributed by atoms with Gasteiger partial charge in [0.15, 0.2) is 0 Å². The SMILES string of the molecule is Nc1ccccc1C(=O)N/N=C\c1ccc(-n2nc(-c3ccccc3)cc2-c2ccccc2)cc1. The van der Waals surface area contributed by atoms with Crippen LogP contribution in [0, 0.1) is 0 Å². The van der Waals surface area contributed by atoms with Gasteiger partial charge in [0.1, 0.15) is 0 Å². The average molecular weight is 458 g/mol. The van der Waals surface area contributed by atoms with Crippen LogP contribution in [0.5, 0.6) is 0 Å². The minimum Gasteiger partial charge on any atom is -0.398 e. The molecule has 0 atom stereocenters. The third kappa shape index (κ3) is 4.86. The normalized spacial score (nSPS) is 11.0. The summed E-state index contributed by atoms with van der Waals surface area (Å²) in [6.07, 6.45) is 1.59. The van der Waals surface area contributed by atoms with Crippen molar-refractivity contribution in [2.45, 2.75) is 0 Å². The maximum absolute atomic E-state index is 12.3. The fourth-order valence-electron chi connectivity index (χ4n) is 3.77. The Balaban J connectivity index is 1.39. The number of anilines is 1. The number of nitrogens with zero attached hydrogens (tertiary/aromatic N) is 3. The number of para-hydroxylation sites is 1. The molecule has 0 bridgehead atoms. The summed E-state index contributed by atoms with van der Waals surface area (Å²) in [7, 11) is 0. The summed E-state index contributed by atoms with van der Waals surface area (Å²) in [5, 5.41) is 8.97. The summed E-state index contributed by atoms with van der Waals surface area (Å²) in [5.74, 6) is -0.353. The van der Waals surface area contributed by atoms with Gasteiger partial charge in [-0.05, 0) is 35.9 Å². The van der Waals surface area contributed by atoms with Crippen LogP contribution in [0.2, 0.25) is 0 Å². The largest absolute Gasteiger partial charge is 0.398 e. The maximum Gasteiger partial charge on any atom is 0.273 e. The van der Waals surface area contributed by atoms with Crippen molar-refractivity contribution in [2.24, 2.45) is 5.10 Å². The first-order valence-electron chi connectivity index (χ1n) is 11.2. The Bertz CT molecular complexity index is 1470. The number of nitrogens with one attached hydrogen (secondary N) is 1. The predicted molar refractivity (Wildman–Crippen MR) is 140 cm³/mol. The zero-order valence-corrected chi connectivity index (χ0v) is 18.9. The summed E-state index contributed by atoms with van der Waals surface area (Å²) in [5.41, 5.74) is 15.0. The van der Waals surface area contributed by atoms with Crippen molar-refractivity contribution in [1.29, 1.82) is 0 Å². The van der Waals surface area contributed by atoms with Crippen LogP contribution in [0.4, 0.5) is 5.69 Å². The molecule has 35 heavy (non-hydrogen) atoms. The van der Waals surface area contributed by atoms with Crippen LogP contribution >= 0.6 is 0 Å². The molecule has 5 aromatic rings. The van der Waals surface area contributed by atoms with Crippen LogP contribution in [0.15, 0.2) is 120 Å². The topological polar surface area (TPSA) is 85.3 Å². The standard InChI is InChI=1S/C29H23N5O/c30-26-14-8-7-13-25(26)29(35)32-31-20-21-15-17-24(18-16-21)34-28(23-11-5-2-6-12-23)19-27(33-34)22-9-3-1-4-10-22/h1-20H,30H2,(H,32,35)/b31-20-. The molecule has 1 amide bonds. The van der Waals surface area contributed by atoms with Crippen LogP contribution in [0.1, 0.15) is 15.9 Å². The molecule has 4 aromatic carbocycles. The number of amides is 1. The summed E-state index contributed by atoms with van der Waals surface area (Å²) in [6, 6.07) is 37.1. The minimum absolute atomic E-state index is 0.353. The van der Waals surface area contributed by atoms with E-state index in [4.69, 9.17) is 10.8 Å². The molecule has 1 aromatic heterocycles. The second kappa shape index (κ2) is 9.89. The zero-order chi connectivity index (χ0) is 24.0. The monoisotopic (exact) mass is 457 g/mol. The maximum atomic E-state index is 12.3. The van der Waals surface area contributed by atoms with Gasteiger partial charge in [-0.3, -0.25) is 4.79 Å². The van der Waals surface area contributed by atoms with E-state index >= 15 is 0 Å². The Kier molecular flexibility index (Phi) is 6.17. The molecule has 0 fully saturated rings. The van der Waals surface area contributed by atoms with Crippen molar-refractivity contribution in [3.8, 4) is 28.2 Å². The smallest absolute Gasteiger partial charge is 0.273 e. The lowest BCUT2D eigenvalue weighted by molar-refractivity contribution is 0.0956. The first-order chi connectivity index (χ1) is 17.2. The van der Waals surface area contributed by atoms with Crippen LogP contribution in [-0.4, -0.2) is 21.9 Å². The molecule has 0 aliphatic heterocycles. The average Bonchev–Trinajstić information content (AvgIpc) is 3.36. The Labute approximate surface area is 203 Å². The molecule has 0 saturated carbocycles. The van der Waals surface area contributed by atoms with Crippen molar-refractivity contribution in [2.75, 3.05) is 5.73 Å². The van der Waals surface area contributed by atoms with E-state index in [1.54, 1.807) is 30.5 Å². The van der Waals surface area contributed by atoms with Crippen LogP contribution in [-0.2, 0) is 0 Å². The second-order valence-electron chi connectivity index (χ2n) is 7.94. The van der Waals surface area contributed by atoms with Gasteiger partial charge < -0.3 is 5.73 Å². The van der Waals surface area contributed by atoms with Gasteiger partial charge in [-0.1, -0.05) is 84.9 Å². The quantitative estimate of drug-likeness (QED) is 0.199. The summed E-state index contributed by atoms with van der Waals surface area (Å²) < 4.78 is 1.94. The van der Waals surface area contributed by atoms with Gasteiger partial charge in [0.2, 0.25) is 0 Å². The Morgan fingerprint density at radius 1 is 0.800 bits per heavy atom. The predicted octanol–water partition coefficient (Wildman–Crippen LogP) is 5.55. The van der Waals surface area contributed by atoms with E-state index in [1.807, 2.05) is 65.3 Å². The van der Waals surface area contributed by atoms with Gasteiger partial charge in [0, 0.05) is 16.8 Å². The van der Waals surface area contributed by atoms with Gasteiger partial charge in [-0.25, -0.2) is 10.1 Å². The van der Waals surface area contributed by atoms with Crippen molar-refractivity contribution < 1.29 is 4.79 Å². The van der Waals surface area contributed by atoms with E-state index in [0.717, 1.165) is 33.8 Å². The van der Waals surface area contributed by atoms with Gasteiger partial charge in [0.05, 0.1) is 28.9 Å². The lowest BCUT2D eigenvalue weighted by atomic mass is 10.1. The number of hydrogen-bond donors (Lipinski definition) is 2. The van der Waals surface area contributed by atoms with E-state index in [-0.39, 0.29) is 5.91 Å². The van der Waals surface area contributed by atoms with Gasteiger partial charge in [-0.15, -0.1) is 0 Å². The lowest BCUT2D eigenvalue weighted by Gasteiger charge is -2.08. The molecule has 0 aliphatic rings. The molecule has 0 spiro atoms. The second-order valence-corrected chi connectivity index (χ2v) is 7.94. The molecule has 5 rings (SSSR count). The zero-order valence-electron chi connectivity index (χ0n) is 18.9. The lowest BCUT2D eigenvalue weighted by Crippen LogP contribution is -2.18. The number of benzene rings is 4. The molecule has 0 aliphatic carbocycles. The molecule has 170 valence electrons. The Hall–Kier alpha value is -4.97. The number of hydrogen-bond acceptors (Lipinski definition) is 4. The molecule has 3 N–H and O–H groups in total. The Morgan fingerprint density at radius 3 is 2.11 bits per heavy atom. The molecule has 0 unspecified atom stereocenters. The first-order valence-corrected chi connectivity index (χ1v) is 11.2. The molecule has 0 saturated heterocycles. The summed E-state index contributed by atoms with van der Waals surface area (Å²) in [4.78, 5) is 12.3. The molecule has 6 nitrogen and oxygen atoms in total. The highest BCUT2D eigenvalue weighted by atomic mass is 16.2. The number of hydrazone groups is 1. The van der Waals surface area contributed by atoms with E-state index in [2.05, 4.69) is 40.9 Å². The number of rotatable bonds is 6. The van der Waals surface area contributed by atoms with Gasteiger partial charge in [-0.2, -0.15) is 10.2 Å². The third-order valence-corrected chi connectivity index (χ3v) is 5.57. The van der Waals surface area contributed by atoms with Crippen LogP contribution < -0.4 is 11.2 Å². The first kappa shape index (κ1) is 21.9. The summed E-state index contributed by atoms with van der Waals surface area (Å²) in [6.45, 7) is 0. The van der Waals surface area contributed by atoms with Crippen LogP contribution in [0.3, 0.4) is 0 Å². The van der Waals surface area contributed by atoms with E-state index in [1.165, 1.54) is 0 Å². The molecule has 1 heterocycles. The third-order valence-electron chi connectivity index (χ3n) is 5.57. The van der Waals surface area contributed by atoms with E-state index < -0.39 is 0 Å². The highest BCUT2D eigenvalue weighted by Crippen LogP contribution is 2.28. The van der Waals surface area contributed by atoms with Crippen molar-refractivity contribution in [3.63, 3.8) is 0 Å².